The Balaban J connectivity index is 0.000000748. The van der Waals surface area contributed by atoms with Crippen molar-refractivity contribution in [3.63, 3.8) is 0 Å². The molecular formula is C29H35N5O7S. The number of ether oxygens (including phenoxy) is 4. The van der Waals surface area contributed by atoms with Crippen LogP contribution >= 0.6 is 0 Å². The fourth-order valence-corrected chi connectivity index (χ4v) is 4.31. The first-order valence-electron chi connectivity index (χ1n) is 13.2. The summed E-state index contributed by atoms with van der Waals surface area (Å²) in [5, 5.41) is 5.56. The number of aromatic amines is 1. The number of hydrazone groups is 1. The molecule has 0 aliphatic carbocycles. The molecule has 0 spiro atoms. The minimum atomic E-state index is -3.67. The van der Waals surface area contributed by atoms with Crippen LogP contribution in [-0.2, 0) is 21.3 Å². The van der Waals surface area contributed by atoms with Crippen LogP contribution in [0.5, 0.6) is 17.4 Å². The van der Waals surface area contributed by atoms with Gasteiger partial charge in [0.15, 0.2) is 17.3 Å². The summed E-state index contributed by atoms with van der Waals surface area (Å²) in [5.74, 6) is 2.55. The summed E-state index contributed by atoms with van der Waals surface area (Å²) < 4.78 is 48.2. The molecule has 224 valence electrons. The summed E-state index contributed by atoms with van der Waals surface area (Å²) in [5.41, 5.74) is 7.25. The van der Waals surface area contributed by atoms with Gasteiger partial charge in [-0.25, -0.2) is 0 Å². The van der Waals surface area contributed by atoms with Crippen LogP contribution < -0.4 is 24.5 Å². The maximum Gasteiger partial charge on any atom is 0.261 e. The van der Waals surface area contributed by atoms with Gasteiger partial charge in [-0.3, -0.25) is 9.98 Å². The van der Waals surface area contributed by atoms with Crippen molar-refractivity contribution in [1.29, 1.82) is 0 Å². The summed E-state index contributed by atoms with van der Waals surface area (Å²) in [6.45, 7) is 3.48. The second-order valence-corrected chi connectivity index (χ2v) is 10.8. The van der Waals surface area contributed by atoms with E-state index in [1.54, 1.807) is 20.4 Å². The lowest BCUT2D eigenvalue weighted by Gasteiger charge is -2.29. The normalized spacial score (nSPS) is 13.5. The average Bonchev–Trinajstić information content (AvgIpc) is 3.39. The summed E-state index contributed by atoms with van der Waals surface area (Å²) in [7, 11) is -0.404. The highest BCUT2D eigenvalue weighted by atomic mass is 32.2. The maximum absolute atomic E-state index is 9.19. The van der Waals surface area contributed by atoms with Gasteiger partial charge in [0, 0.05) is 60.0 Å². The summed E-state index contributed by atoms with van der Waals surface area (Å²) in [4.78, 5) is 10.2. The third-order valence-electron chi connectivity index (χ3n) is 6.26. The van der Waals surface area contributed by atoms with Crippen LogP contribution in [0.3, 0.4) is 0 Å². The van der Waals surface area contributed by atoms with E-state index in [0.29, 0.717) is 55.7 Å². The largest absolute Gasteiger partial charge is 0.493 e. The molecule has 5 rings (SSSR count). The highest BCUT2D eigenvalue weighted by molar-refractivity contribution is 7.85. The van der Waals surface area contributed by atoms with E-state index in [9.17, 15) is 8.42 Å². The molecule has 1 aliphatic rings. The van der Waals surface area contributed by atoms with Crippen LogP contribution in [0.1, 0.15) is 11.1 Å². The highest BCUT2D eigenvalue weighted by Crippen LogP contribution is 2.28. The van der Waals surface area contributed by atoms with E-state index in [2.05, 4.69) is 31.5 Å². The van der Waals surface area contributed by atoms with Gasteiger partial charge in [0.1, 0.15) is 0 Å². The molecular weight excluding hydrogens is 562 g/mol. The molecule has 0 unspecified atom stereocenters. The van der Waals surface area contributed by atoms with Gasteiger partial charge in [0.25, 0.3) is 10.1 Å². The second-order valence-electron chi connectivity index (χ2n) is 9.33. The first-order chi connectivity index (χ1) is 20.2. The molecule has 42 heavy (non-hydrogen) atoms. The van der Waals surface area contributed by atoms with Gasteiger partial charge in [0.2, 0.25) is 5.88 Å². The molecule has 1 aliphatic heterocycles. The molecule has 0 bridgehead atoms. The molecule has 0 amide bonds. The van der Waals surface area contributed by atoms with Crippen molar-refractivity contribution < 1.29 is 31.9 Å². The number of rotatable bonds is 10. The van der Waals surface area contributed by atoms with Gasteiger partial charge >= 0.3 is 0 Å². The number of aromatic nitrogens is 2. The number of anilines is 2. The zero-order valence-corrected chi connectivity index (χ0v) is 24.6. The molecule has 13 heteroatoms. The molecule has 12 nitrogen and oxygen atoms in total. The molecule has 1 fully saturated rings. The monoisotopic (exact) mass is 597 g/mol. The number of methoxy groups -OCH3 is 2. The van der Waals surface area contributed by atoms with E-state index in [-0.39, 0.29) is 0 Å². The number of nitrogens with one attached hydrogen (secondary N) is 2. The number of para-hydroxylation sites is 1. The van der Waals surface area contributed by atoms with Crippen LogP contribution in [0.25, 0.3) is 10.9 Å². The Morgan fingerprint density at radius 3 is 2.57 bits per heavy atom. The van der Waals surface area contributed by atoms with Gasteiger partial charge < -0.3 is 28.8 Å². The number of nitrogens with zero attached hydrogens (tertiary/aromatic N) is 3. The van der Waals surface area contributed by atoms with Crippen LogP contribution in [0, 0.1) is 0 Å². The Bertz CT molecular complexity index is 1590. The average molecular weight is 598 g/mol. The van der Waals surface area contributed by atoms with Gasteiger partial charge in [-0.2, -0.15) is 18.5 Å². The first-order valence-corrected chi connectivity index (χ1v) is 15.0. The van der Waals surface area contributed by atoms with Crippen molar-refractivity contribution in [3.05, 3.63) is 71.9 Å². The smallest absolute Gasteiger partial charge is 0.261 e. The van der Waals surface area contributed by atoms with Crippen molar-refractivity contribution in [2.45, 2.75) is 6.42 Å². The minimum absolute atomic E-state index is 0.465. The molecule has 0 saturated carbocycles. The van der Waals surface area contributed by atoms with Crippen molar-refractivity contribution >= 4 is 38.7 Å². The fourth-order valence-electron chi connectivity index (χ4n) is 4.31. The number of benzene rings is 2. The molecule has 2 aromatic heterocycles. The summed E-state index contributed by atoms with van der Waals surface area (Å²) >= 11 is 0. The SMILES string of the molecule is COc1ccc(CCOc2cc(N3CCOCC3)cc(N/N=C/c3c[nH]c4ccccc34)n2)cc1OC.CS(=O)(=O)O. The third-order valence-corrected chi connectivity index (χ3v) is 6.26. The van der Waals surface area contributed by atoms with Crippen molar-refractivity contribution in [1.82, 2.24) is 9.97 Å². The zero-order chi connectivity index (χ0) is 30.0. The lowest BCUT2D eigenvalue weighted by molar-refractivity contribution is 0.122. The van der Waals surface area contributed by atoms with Crippen LogP contribution in [0.4, 0.5) is 11.5 Å². The lowest BCUT2D eigenvalue weighted by atomic mass is 10.1. The van der Waals surface area contributed by atoms with Crippen LogP contribution in [-0.4, -0.2) is 82.5 Å². The Morgan fingerprint density at radius 2 is 1.83 bits per heavy atom. The molecule has 3 heterocycles. The van der Waals surface area contributed by atoms with Gasteiger partial charge in [-0.05, 0) is 23.8 Å². The van der Waals surface area contributed by atoms with Crippen LogP contribution in [0.2, 0.25) is 0 Å². The Labute approximate surface area is 245 Å². The number of pyridine rings is 1. The quantitative estimate of drug-likeness (QED) is 0.139. The summed E-state index contributed by atoms with van der Waals surface area (Å²) in [6.07, 6.45) is 5.15. The van der Waals surface area contributed by atoms with Gasteiger partial charge in [-0.15, -0.1) is 0 Å². The van der Waals surface area contributed by atoms with Crippen LogP contribution in [0.15, 0.2) is 65.9 Å². The van der Waals surface area contributed by atoms with E-state index < -0.39 is 10.1 Å². The first kappa shape index (κ1) is 30.6. The van der Waals surface area contributed by atoms with E-state index in [1.165, 1.54) is 0 Å². The molecule has 2 aromatic carbocycles. The topological polar surface area (TPSA) is 148 Å². The maximum atomic E-state index is 9.19. The van der Waals surface area contributed by atoms with E-state index in [4.69, 9.17) is 23.5 Å². The lowest BCUT2D eigenvalue weighted by Crippen LogP contribution is -2.36. The fraction of sp³-hybridized carbons (Fsp3) is 0.310. The van der Waals surface area contributed by atoms with E-state index in [1.807, 2.05) is 54.7 Å². The van der Waals surface area contributed by atoms with E-state index >= 15 is 0 Å². The second kappa shape index (κ2) is 14.5. The molecule has 0 radical (unpaired) electrons. The predicted molar refractivity (Wildman–Crippen MR) is 163 cm³/mol. The number of H-pyrrole nitrogens is 1. The van der Waals surface area contributed by atoms with E-state index in [0.717, 1.165) is 40.8 Å². The molecule has 1 saturated heterocycles. The number of fused-ring (bicyclic) bond motifs is 1. The molecule has 4 aromatic rings. The third kappa shape index (κ3) is 9.09. The van der Waals surface area contributed by atoms with Gasteiger partial charge in [-0.1, -0.05) is 24.3 Å². The Kier molecular flexibility index (Phi) is 10.6. The van der Waals surface area contributed by atoms with Crippen molar-refractivity contribution in [2.75, 3.05) is 63.7 Å². The summed E-state index contributed by atoms with van der Waals surface area (Å²) in [6, 6.07) is 18.0. The standard InChI is InChI=1S/C28H31N5O4.CH4O3S/c1-34-25-8-7-20(15-26(25)35-2)9-12-37-28-17-22(33-10-13-36-14-11-33)16-27(31-28)32-30-19-21-18-29-24-6-4-3-5-23(21)24;1-5(2,3)4/h3-8,15-19,29H,9-14H2,1-2H3,(H,31,32);1H3,(H,2,3,4)/b30-19+;. The Morgan fingerprint density at radius 1 is 1.10 bits per heavy atom. The number of hydrogen-bond acceptors (Lipinski definition) is 10. The highest BCUT2D eigenvalue weighted by Gasteiger charge is 2.14. The molecule has 3 N–H and O–H groups in total. The van der Waals surface area contributed by atoms with Crippen molar-refractivity contribution in [3.8, 4) is 17.4 Å². The molecule has 0 atom stereocenters. The number of hydrogen-bond donors (Lipinski definition) is 3. The van der Waals surface area contributed by atoms with Gasteiger partial charge in [0.05, 0.1) is 46.5 Å². The number of morpholine rings is 1. The minimum Gasteiger partial charge on any atom is -0.493 e. The Hall–Kier alpha value is -4.33. The predicted octanol–water partition coefficient (Wildman–Crippen LogP) is 3.99. The van der Waals surface area contributed by atoms with Crippen molar-refractivity contribution in [2.24, 2.45) is 5.10 Å². The zero-order valence-electron chi connectivity index (χ0n) is 23.7.